The average Bonchev–Trinajstić information content (AvgIpc) is 2.74. The molecule has 1 unspecified atom stereocenters. The molecular formula is C15H27NS. The van der Waals surface area contributed by atoms with Crippen molar-refractivity contribution in [3.8, 4) is 0 Å². The Bertz CT molecular complexity index is 284. The standard InChI is InChI=1S/C15H27NS/c1-5-10-16-12-13(15(2,3)4)8-9-14-7-6-11-17-14/h6-7,11,13,16H,5,8-10,12H2,1-4H3. The second kappa shape index (κ2) is 7.17. The van der Waals surface area contributed by atoms with Crippen LogP contribution in [0.25, 0.3) is 0 Å². The van der Waals surface area contributed by atoms with E-state index < -0.39 is 0 Å². The Hall–Kier alpha value is -0.340. The van der Waals surface area contributed by atoms with Crippen LogP contribution in [0.4, 0.5) is 0 Å². The molecule has 0 aliphatic heterocycles. The van der Waals surface area contributed by atoms with Crippen molar-refractivity contribution in [1.29, 1.82) is 0 Å². The van der Waals surface area contributed by atoms with Gasteiger partial charge in [0.1, 0.15) is 0 Å². The molecule has 0 saturated heterocycles. The number of rotatable bonds is 7. The van der Waals surface area contributed by atoms with Gasteiger partial charge in [-0.25, -0.2) is 0 Å². The monoisotopic (exact) mass is 253 g/mol. The molecule has 98 valence electrons. The summed E-state index contributed by atoms with van der Waals surface area (Å²) < 4.78 is 0. The lowest BCUT2D eigenvalue weighted by Gasteiger charge is -2.31. The molecule has 0 saturated carbocycles. The van der Waals surface area contributed by atoms with Crippen LogP contribution in [0.3, 0.4) is 0 Å². The Morgan fingerprint density at radius 3 is 2.65 bits per heavy atom. The Morgan fingerprint density at radius 1 is 1.35 bits per heavy atom. The Morgan fingerprint density at radius 2 is 2.12 bits per heavy atom. The first-order valence-corrected chi connectivity index (χ1v) is 7.65. The van der Waals surface area contributed by atoms with Gasteiger partial charge in [0.15, 0.2) is 0 Å². The molecule has 1 heterocycles. The van der Waals surface area contributed by atoms with Crippen LogP contribution < -0.4 is 5.32 Å². The molecule has 0 aliphatic carbocycles. The predicted molar refractivity (Wildman–Crippen MR) is 78.7 cm³/mol. The van der Waals surface area contributed by atoms with Crippen LogP contribution in [-0.4, -0.2) is 13.1 Å². The smallest absolute Gasteiger partial charge is 0.00453 e. The van der Waals surface area contributed by atoms with Crippen LogP contribution in [-0.2, 0) is 6.42 Å². The number of hydrogen-bond donors (Lipinski definition) is 1. The number of nitrogens with one attached hydrogen (secondary N) is 1. The van der Waals surface area contributed by atoms with E-state index in [0.717, 1.165) is 19.0 Å². The van der Waals surface area contributed by atoms with E-state index in [1.165, 1.54) is 24.1 Å². The quantitative estimate of drug-likeness (QED) is 0.713. The van der Waals surface area contributed by atoms with Crippen molar-refractivity contribution in [2.75, 3.05) is 13.1 Å². The van der Waals surface area contributed by atoms with Crippen LogP contribution in [0, 0.1) is 11.3 Å². The fourth-order valence-corrected chi connectivity index (χ4v) is 2.79. The van der Waals surface area contributed by atoms with E-state index in [-0.39, 0.29) is 0 Å². The molecule has 0 aliphatic rings. The predicted octanol–water partition coefficient (Wildman–Crippen LogP) is 4.34. The summed E-state index contributed by atoms with van der Waals surface area (Å²) in [4.78, 5) is 1.52. The zero-order chi connectivity index (χ0) is 12.7. The topological polar surface area (TPSA) is 12.0 Å². The van der Waals surface area contributed by atoms with Gasteiger partial charge >= 0.3 is 0 Å². The minimum absolute atomic E-state index is 0.401. The summed E-state index contributed by atoms with van der Waals surface area (Å²) in [6.45, 7) is 11.6. The van der Waals surface area contributed by atoms with E-state index in [1.807, 2.05) is 11.3 Å². The van der Waals surface area contributed by atoms with Gasteiger partial charge in [0.2, 0.25) is 0 Å². The second-order valence-electron chi connectivity index (χ2n) is 5.89. The van der Waals surface area contributed by atoms with Crippen molar-refractivity contribution in [3.05, 3.63) is 22.4 Å². The molecule has 0 bridgehead atoms. The van der Waals surface area contributed by atoms with Gasteiger partial charge in [0.25, 0.3) is 0 Å². The van der Waals surface area contributed by atoms with E-state index in [9.17, 15) is 0 Å². The largest absolute Gasteiger partial charge is 0.316 e. The molecule has 1 aromatic heterocycles. The van der Waals surface area contributed by atoms with Crippen LogP contribution in [0.1, 0.15) is 45.4 Å². The highest BCUT2D eigenvalue weighted by Crippen LogP contribution is 2.29. The lowest BCUT2D eigenvalue weighted by atomic mass is 9.78. The van der Waals surface area contributed by atoms with Crippen LogP contribution >= 0.6 is 11.3 Å². The maximum atomic E-state index is 3.58. The third-order valence-corrected chi connectivity index (χ3v) is 4.30. The molecule has 17 heavy (non-hydrogen) atoms. The lowest BCUT2D eigenvalue weighted by molar-refractivity contribution is 0.219. The Balaban J connectivity index is 2.40. The maximum absolute atomic E-state index is 3.58. The molecule has 1 rings (SSSR count). The van der Waals surface area contributed by atoms with E-state index in [4.69, 9.17) is 0 Å². The minimum atomic E-state index is 0.401. The zero-order valence-electron chi connectivity index (χ0n) is 11.8. The Kier molecular flexibility index (Phi) is 6.21. The second-order valence-corrected chi connectivity index (χ2v) is 6.92. The summed E-state index contributed by atoms with van der Waals surface area (Å²) in [5.41, 5.74) is 0.401. The summed E-state index contributed by atoms with van der Waals surface area (Å²) in [6, 6.07) is 4.41. The molecule has 0 spiro atoms. The highest BCUT2D eigenvalue weighted by Gasteiger charge is 2.23. The SMILES string of the molecule is CCCNCC(CCc1cccs1)C(C)(C)C. The van der Waals surface area contributed by atoms with Gasteiger partial charge in [-0.3, -0.25) is 0 Å². The van der Waals surface area contributed by atoms with Crippen molar-refractivity contribution in [2.24, 2.45) is 11.3 Å². The van der Waals surface area contributed by atoms with Crippen LogP contribution in [0.2, 0.25) is 0 Å². The average molecular weight is 253 g/mol. The van der Waals surface area contributed by atoms with Crippen molar-refractivity contribution in [2.45, 2.75) is 47.0 Å². The van der Waals surface area contributed by atoms with Crippen molar-refractivity contribution < 1.29 is 0 Å². The van der Waals surface area contributed by atoms with Gasteiger partial charge in [-0.2, -0.15) is 0 Å². The molecule has 0 aromatic carbocycles. The van der Waals surface area contributed by atoms with Gasteiger partial charge in [0, 0.05) is 4.88 Å². The third kappa shape index (κ3) is 5.69. The minimum Gasteiger partial charge on any atom is -0.316 e. The molecular weight excluding hydrogens is 226 g/mol. The van der Waals surface area contributed by atoms with E-state index >= 15 is 0 Å². The summed E-state index contributed by atoms with van der Waals surface area (Å²) in [7, 11) is 0. The number of thiophene rings is 1. The van der Waals surface area contributed by atoms with Crippen molar-refractivity contribution in [3.63, 3.8) is 0 Å². The third-order valence-electron chi connectivity index (χ3n) is 3.36. The first-order chi connectivity index (χ1) is 8.04. The zero-order valence-corrected chi connectivity index (χ0v) is 12.6. The van der Waals surface area contributed by atoms with Gasteiger partial charge in [0.05, 0.1) is 0 Å². The van der Waals surface area contributed by atoms with Crippen LogP contribution in [0.5, 0.6) is 0 Å². The molecule has 1 N–H and O–H groups in total. The van der Waals surface area contributed by atoms with Gasteiger partial charge < -0.3 is 5.32 Å². The number of aryl methyl sites for hydroxylation is 1. The summed E-state index contributed by atoms with van der Waals surface area (Å²) >= 11 is 1.88. The highest BCUT2D eigenvalue weighted by molar-refractivity contribution is 7.09. The molecule has 1 atom stereocenters. The number of hydrogen-bond acceptors (Lipinski definition) is 2. The van der Waals surface area contributed by atoms with Crippen LogP contribution in [0.15, 0.2) is 17.5 Å². The van der Waals surface area contributed by atoms with Gasteiger partial charge in [-0.1, -0.05) is 33.8 Å². The van der Waals surface area contributed by atoms with E-state index in [2.05, 4.69) is 50.5 Å². The van der Waals surface area contributed by atoms with Crippen molar-refractivity contribution >= 4 is 11.3 Å². The summed E-state index contributed by atoms with van der Waals surface area (Å²) in [5.74, 6) is 0.760. The normalized spacial score (nSPS) is 13.9. The van der Waals surface area contributed by atoms with Crippen molar-refractivity contribution in [1.82, 2.24) is 5.32 Å². The maximum Gasteiger partial charge on any atom is 0.00453 e. The van der Waals surface area contributed by atoms with E-state index in [0.29, 0.717) is 5.41 Å². The summed E-state index contributed by atoms with van der Waals surface area (Å²) in [5, 5.41) is 5.75. The fraction of sp³-hybridized carbons (Fsp3) is 0.733. The van der Waals surface area contributed by atoms with E-state index in [1.54, 1.807) is 0 Å². The lowest BCUT2D eigenvalue weighted by Crippen LogP contribution is -2.32. The van der Waals surface area contributed by atoms with Gasteiger partial charge in [-0.05, 0) is 55.1 Å². The molecule has 1 aromatic rings. The molecule has 0 radical (unpaired) electrons. The highest BCUT2D eigenvalue weighted by atomic mass is 32.1. The van der Waals surface area contributed by atoms with Gasteiger partial charge in [-0.15, -0.1) is 11.3 Å². The molecule has 2 heteroatoms. The Labute approximate surface area is 111 Å². The molecule has 0 fully saturated rings. The fourth-order valence-electron chi connectivity index (χ4n) is 2.07. The molecule has 0 amide bonds. The first-order valence-electron chi connectivity index (χ1n) is 6.77. The first kappa shape index (κ1) is 14.7. The molecule has 1 nitrogen and oxygen atoms in total. The summed E-state index contributed by atoms with van der Waals surface area (Å²) in [6.07, 6.45) is 3.75.